The van der Waals surface area contributed by atoms with Gasteiger partial charge >= 0.3 is 12.1 Å². The third kappa shape index (κ3) is 4.29. The van der Waals surface area contributed by atoms with Crippen LogP contribution in [0, 0.1) is 0 Å². The Morgan fingerprint density at radius 3 is 2.48 bits per heavy atom. The van der Waals surface area contributed by atoms with Crippen LogP contribution in [0.15, 0.2) is 54.6 Å². The van der Waals surface area contributed by atoms with E-state index in [1.807, 2.05) is 23.1 Å². The number of urea groups is 1. The van der Waals surface area contributed by atoms with E-state index in [0.29, 0.717) is 23.8 Å². The molecule has 130 valence electrons. The summed E-state index contributed by atoms with van der Waals surface area (Å²) in [5.74, 6) is 0.374. The van der Waals surface area contributed by atoms with Crippen LogP contribution in [-0.2, 0) is 4.74 Å². The molecular weight excluding hydrogens is 318 g/mol. The molecule has 1 aliphatic heterocycles. The summed E-state index contributed by atoms with van der Waals surface area (Å²) in [4.78, 5) is 25.6. The Morgan fingerprint density at radius 2 is 1.76 bits per heavy atom. The highest BCUT2D eigenvalue weighted by molar-refractivity contribution is 5.91. The van der Waals surface area contributed by atoms with Crippen LogP contribution < -0.4 is 10.6 Å². The van der Waals surface area contributed by atoms with Crippen LogP contribution >= 0.6 is 0 Å². The first-order valence-electron chi connectivity index (χ1n) is 8.21. The van der Waals surface area contributed by atoms with Crippen molar-refractivity contribution in [1.82, 2.24) is 4.90 Å². The minimum atomic E-state index is -0.547. The number of carbonyl (C=O) groups excluding carboxylic acids is 2. The van der Waals surface area contributed by atoms with Gasteiger partial charge in [-0.05, 0) is 30.2 Å². The van der Waals surface area contributed by atoms with Crippen molar-refractivity contribution >= 4 is 23.5 Å². The molecule has 0 spiro atoms. The third-order valence-electron chi connectivity index (χ3n) is 4.29. The van der Waals surface area contributed by atoms with Gasteiger partial charge in [0.15, 0.2) is 0 Å². The topological polar surface area (TPSA) is 70.7 Å². The second kappa shape index (κ2) is 7.70. The number of nitrogens with zero attached hydrogens (tertiary/aromatic N) is 1. The number of benzene rings is 2. The largest absolute Gasteiger partial charge is 0.453 e. The van der Waals surface area contributed by atoms with Gasteiger partial charge in [0.05, 0.1) is 7.11 Å². The number of methoxy groups -OCH3 is 1. The highest BCUT2D eigenvalue weighted by Gasteiger charge is 2.27. The van der Waals surface area contributed by atoms with Gasteiger partial charge in [0, 0.05) is 30.4 Å². The fraction of sp³-hybridized carbons (Fsp3) is 0.263. The van der Waals surface area contributed by atoms with Gasteiger partial charge in [-0.25, -0.2) is 9.59 Å². The average molecular weight is 339 g/mol. The fourth-order valence-electron chi connectivity index (χ4n) is 2.99. The van der Waals surface area contributed by atoms with E-state index >= 15 is 0 Å². The molecule has 6 heteroatoms. The number of hydrogen-bond donors (Lipinski definition) is 2. The Labute approximate surface area is 146 Å². The summed E-state index contributed by atoms with van der Waals surface area (Å²) in [6.45, 7) is 1.43. The summed E-state index contributed by atoms with van der Waals surface area (Å²) in [7, 11) is 1.30. The molecule has 1 heterocycles. The predicted octanol–water partition coefficient (Wildman–Crippen LogP) is 3.89. The quantitative estimate of drug-likeness (QED) is 0.891. The maximum absolute atomic E-state index is 12.5. The van der Waals surface area contributed by atoms with E-state index in [9.17, 15) is 9.59 Å². The molecule has 2 N–H and O–H groups in total. The maximum Gasteiger partial charge on any atom is 0.411 e. The summed E-state index contributed by atoms with van der Waals surface area (Å²) in [5.41, 5.74) is 2.46. The maximum atomic E-state index is 12.5. The van der Waals surface area contributed by atoms with Gasteiger partial charge in [0.1, 0.15) is 0 Å². The predicted molar refractivity (Wildman–Crippen MR) is 96.9 cm³/mol. The van der Waals surface area contributed by atoms with E-state index in [1.165, 1.54) is 12.7 Å². The van der Waals surface area contributed by atoms with Crippen molar-refractivity contribution in [1.29, 1.82) is 0 Å². The summed E-state index contributed by atoms with van der Waals surface area (Å²) >= 11 is 0. The number of carbonyl (C=O) groups is 2. The molecular formula is C19H21N3O3. The van der Waals surface area contributed by atoms with Crippen LogP contribution in [0.5, 0.6) is 0 Å². The molecule has 3 amide bonds. The molecule has 1 aliphatic rings. The van der Waals surface area contributed by atoms with E-state index in [4.69, 9.17) is 0 Å². The SMILES string of the molecule is COC(=O)Nc1cccc(NC(=O)N2CC[C@H](c3ccccc3)C2)c1. The molecule has 0 aliphatic carbocycles. The van der Waals surface area contributed by atoms with Gasteiger partial charge < -0.3 is 15.0 Å². The molecule has 1 atom stereocenters. The Morgan fingerprint density at radius 1 is 1.04 bits per heavy atom. The Balaban J connectivity index is 1.59. The van der Waals surface area contributed by atoms with Crippen LogP contribution in [0.4, 0.5) is 21.0 Å². The minimum absolute atomic E-state index is 0.131. The summed E-state index contributed by atoms with van der Waals surface area (Å²) in [5, 5.41) is 5.46. The van der Waals surface area contributed by atoms with Crippen molar-refractivity contribution < 1.29 is 14.3 Å². The smallest absolute Gasteiger partial charge is 0.411 e. The van der Waals surface area contributed by atoms with Crippen LogP contribution in [0.2, 0.25) is 0 Å². The van der Waals surface area contributed by atoms with Gasteiger partial charge in [-0.3, -0.25) is 5.32 Å². The Hall–Kier alpha value is -3.02. The molecule has 2 aromatic carbocycles. The fourth-order valence-corrected chi connectivity index (χ4v) is 2.99. The molecule has 0 saturated carbocycles. The molecule has 0 unspecified atom stereocenters. The Kier molecular flexibility index (Phi) is 5.18. The molecule has 0 radical (unpaired) electrons. The molecule has 6 nitrogen and oxygen atoms in total. The summed E-state index contributed by atoms with van der Waals surface area (Å²) < 4.78 is 4.56. The molecule has 0 aromatic heterocycles. The minimum Gasteiger partial charge on any atom is -0.453 e. The molecule has 1 saturated heterocycles. The van der Waals surface area contributed by atoms with Crippen LogP contribution in [0.25, 0.3) is 0 Å². The van der Waals surface area contributed by atoms with Gasteiger partial charge in [0.25, 0.3) is 0 Å². The molecule has 25 heavy (non-hydrogen) atoms. The molecule has 1 fully saturated rings. The highest BCUT2D eigenvalue weighted by Crippen LogP contribution is 2.27. The monoisotopic (exact) mass is 339 g/mol. The lowest BCUT2D eigenvalue weighted by molar-refractivity contribution is 0.187. The van der Waals surface area contributed by atoms with E-state index in [1.54, 1.807) is 24.3 Å². The van der Waals surface area contributed by atoms with Gasteiger partial charge in [-0.2, -0.15) is 0 Å². The normalized spacial score (nSPS) is 16.4. The lowest BCUT2D eigenvalue weighted by Crippen LogP contribution is -2.32. The van der Waals surface area contributed by atoms with Crippen molar-refractivity contribution in [3.63, 3.8) is 0 Å². The van der Waals surface area contributed by atoms with Crippen LogP contribution in [0.3, 0.4) is 0 Å². The second-order valence-corrected chi connectivity index (χ2v) is 5.97. The zero-order valence-electron chi connectivity index (χ0n) is 14.1. The van der Waals surface area contributed by atoms with Crippen molar-refractivity contribution in [3.8, 4) is 0 Å². The average Bonchev–Trinajstić information content (AvgIpc) is 3.13. The number of ether oxygens (including phenoxy) is 1. The molecule has 2 aromatic rings. The highest BCUT2D eigenvalue weighted by atomic mass is 16.5. The van der Waals surface area contributed by atoms with E-state index in [2.05, 4.69) is 27.5 Å². The van der Waals surface area contributed by atoms with Crippen LogP contribution in [0.1, 0.15) is 17.9 Å². The van der Waals surface area contributed by atoms with Crippen LogP contribution in [-0.4, -0.2) is 37.2 Å². The lowest BCUT2D eigenvalue weighted by Gasteiger charge is -2.18. The van der Waals surface area contributed by atoms with Gasteiger partial charge in [-0.1, -0.05) is 36.4 Å². The van der Waals surface area contributed by atoms with Crippen molar-refractivity contribution in [2.24, 2.45) is 0 Å². The zero-order chi connectivity index (χ0) is 17.6. The number of nitrogens with one attached hydrogen (secondary N) is 2. The standard InChI is InChI=1S/C19H21N3O3/c1-25-19(24)21-17-9-5-8-16(12-17)20-18(23)22-11-10-15(13-22)14-6-3-2-4-7-14/h2-9,12,15H,10-11,13H2,1H3,(H,20,23)(H,21,24)/t15-/m0/s1. The first-order valence-corrected chi connectivity index (χ1v) is 8.21. The molecule has 0 bridgehead atoms. The van der Waals surface area contributed by atoms with E-state index in [-0.39, 0.29) is 6.03 Å². The Bertz CT molecular complexity index is 749. The summed E-state index contributed by atoms with van der Waals surface area (Å²) in [6.07, 6.45) is 0.412. The van der Waals surface area contributed by atoms with E-state index in [0.717, 1.165) is 13.0 Å². The van der Waals surface area contributed by atoms with Gasteiger partial charge in [-0.15, -0.1) is 0 Å². The van der Waals surface area contributed by atoms with Crippen molar-refractivity contribution in [2.45, 2.75) is 12.3 Å². The number of amides is 3. The van der Waals surface area contributed by atoms with E-state index < -0.39 is 6.09 Å². The molecule has 3 rings (SSSR count). The first-order chi connectivity index (χ1) is 12.2. The summed E-state index contributed by atoms with van der Waals surface area (Å²) in [6, 6.07) is 17.1. The van der Waals surface area contributed by atoms with Crippen molar-refractivity contribution in [3.05, 3.63) is 60.2 Å². The zero-order valence-corrected chi connectivity index (χ0v) is 14.1. The second-order valence-electron chi connectivity index (χ2n) is 5.97. The third-order valence-corrected chi connectivity index (χ3v) is 4.29. The van der Waals surface area contributed by atoms with Gasteiger partial charge in [0.2, 0.25) is 0 Å². The number of likely N-dealkylation sites (tertiary alicyclic amines) is 1. The first kappa shape index (κ1) is 16.8. The van der Waals surface area contributed by atoms with Crippen molar-refractivity contribution in [2.75, 3.05) is 30.8 Å². The number of anilines is 2. The number of hydrogen-bond acceptors (Lipinski definition) is 3. The lowest BCUT2D eigenvalue weighted by atomic mass is 9.99. The number of rotatable bonds is 3.